The van der Waals surface area contributed by atoms with Gasteiger partial charge in [0.05, 0.1) is 12.2 Å². The third-order valence-corrected chi connectivity index (χ3v) is 4.18. The molecule has 0 bridgehead atoms. The van der Waals surface area contributed by atoms with Gasteiger partial charge in [0.25, 0.3) is 5.91 Å². The monoisotopic (exact) mass is 366 g/mol. The average Bonchev–Trinajstić information content (AvgIpc) is 3.01. The Morgan fingerprint density at radius 2 is 1.85 bits per heavy atom. The number of amides is 1. The van der Waals surface area contributed by atoms with Crippen molar-refractivity contribution in [3.63, 3.8) is 0 Å². The van der Waals surface area contributed by atoms with Gasteiger partial charge < -0.3 is 5.32 Å². The molecule has 0 aliphatic rings. The van der Waals surface area contributed by atoms with E-state index in [0.29, 0.717) is 18.1 Å². The van der Waals surface area contributed by atoms with Crippen LogP contribution in [0.25, 0.3) is 0 Å². The van der Waals surface area contributed by atoms with Gasteiger partial charge in [0, 0.05) is 11.6 Å². The predicted molar refractivity (Wildman–Crippen MR) is 103 cm³/mol. The molecule has 27 heavy (non-hydrogen) atoms. The van der Waals surface area contributed by atoms with E-state index in [1.165, 1.54) is 12.1 Å². The first-order valence-corrected chi connectivity index (χ1v) is 8.79. The number of halogens is 1. The first-order valence-electron chi connectivity index (χ1n) is 8.79. The fourth-order valence-electron chi connectivity index (χ4n) is 2.63. The van der Waals surface area contributed by atoms with E-state index in [-0.39, 0.29) is 17.1 Å². The number of rotatable bonds is 4. The molecule has 1 aromatic carbocycles. The highest BCUT2D eigenvalue weighted by atomic mass is 19.1. The van der Waals surface area contributed by atoms with Gasteiger partial charge in [-0.05, 0) is 48.4 Å². The Bertz CT molecular complexity index is 955. The lowest BCUT2D eigenvalue weighted by Crippen LogP contribution is -2.19. The third-order valence-electron chi connectivity index (χ3n) is 4.18. The number of nitrogens with zero attached hydrogens (tertiary/aromatic N) is 3. The van der Waals surface area contributed by atoms with Gasteiger partial charge in [-0.2, -0.15) is 5.10 Å². The van der Waals surface area contributed by atoms with Crippen molar-refractivity contribution in [3.8, 4) is 0 Å². The van der Waals surface area contributed by atoms with Crippen LogP contribution in [0.2, 0.25) is 0 Å². The molecule has 0 unspecified atom stereocenters. The topological polar surface area (TPSA) is 59.8 Å². The zero-order valence-electron chi connectivity index (χ0n) is 16.0. The fraction of sp³-hybridized carbons (Fsp3) is 0.286. The van der Waals surface area contributed by atoms with E-state index in [2.05, 4.69) is 15.4 Å². The largest absolute Gasteiger partial charge is 0.305 e. The van der Waals surface area contributed by atoms with Crippen molar-refractivity contribution in [1.82, 2.24) is 14.8 Å². The number of benzene rings is 1. The lowest BCUT2D eigenvalue weighted by molar-refractivity contribution is 0.101. The van der Waals surface area contributed by atoms with Crippen LogP contribution in [0.1, 0.15) is 48.1 Å². The van der Waals surface area contributed by atoms with E-state index in [4.69, 9.17) is 0 Å². The number of nitrogens with one attached hydrogen (secondary N) is 1. The number of hydrogen-bond donors (Lipinski definition) is 1. The molecule has 0 spiro atoms. The molecule has 1 N–H and O–H groups in total. The molecule has 0 aliphatic heterocycles. The van der Waals surface area contributed by atoms with Gasteiger partial charge in [0.2, 0.25) is 0 Å². The first kappa shape index (κ1) is 18.8. The molecular weight excluding hydrogens is 343 g/mol. The summed E-state index contributed by atoms with van der Waals surface area (Å²) in [5.74, 6) is -0.0804. The van der Waals surface area contributed by atoms with Gasteiger partial charge in [0.15, 0.2) is 0 Å². The summed E-state index contributed by atoms with van der Waals surface area (Å²) >= 11 is 0. The van der Waals surface area contributed by atoms with Crippen molar-refractivity contribution in [1.29, 1.82) is 0 Å². The molecule has 2 heterocycles. The van der Waals surface area contributed by atoms with Crippen LogP contribution in [0.5, 0.6) is 0 Å². The van der Waals surface area contributed by atoms with Gasteiger partial charge in [0.1, 0.15) is 17.3 Å². The van der Waals surface area contributed by atoms with Crippen LogP contribution in [0, 0.1) is 12.7 Å². The second-order valence-electron chi connectivity index (χ2n) is 7.62. The van der Waals surface area contributed by atoms with Crippen molar-refractivity contribution in [3.05, 3.63) is 77.0 Å². The number of pyridine rings is 1. The van der Waals surface area contributed by atoms with E-state index >= 15 is 0 Å². The molecule has 140 valence electrons. The first-order chi connectivity index (χ1) is 12.7. The summed E-state index contributed by atoms with van der Waals surface area (Å²) in [5, 5.41) is 7.45. The van der Waals surface area contributed by atoms with Crippen molar-refractivity contribution < 1.29 is 9.18 Å². The third kappa shape index (κ3) is 4.58. The zero-order chi connectivity index (χ0) is 19.6. The van der Waals surface area contributed by atoms with Crippen LogP contribution >= 0.6 is 0 Å². The molecule has 3 aromatic rings. The SMILES string of the molecule is Cc1ccnc(NC(=O)c2cc(C(C)(C)C)nn2Cc2ccc(F)cc2)c1. The van der Waals surface area contributed by atoms with Crippen LogP contribution in [0.15, 0.2) is 48.7 Å². The van der Waals surface area contributed by atoms with E-state index in [9.17, 15) is 9.18 Å². The van der Waals surface area contributed by atoms with Gasteiger partial charge in [-0.25, -0.2) is 9.37 Å². The highest BCUT2D eigenvalue weighted by Crippen LogP contribution is 2.23. The smallest absolute Gasteiger partial charge is 0.275 e. The molecule has 3 rings (SSSR count). The lowest BCUT2D eigenvalue weighted by Gasteiger charge is -2.14. The summed E-state index contributed by atoms with van der Waals surface area (Å²) in [4.78, 5) is 17.0. The number of aryl methyl sites for hydroxylation is 1. The number of anilines is 1. The standard InChI is InChI=1S/C21H23FN4O/c1-14-9-10-23-19(11-14)24-20(27)17-12-18(21(2,3)4)25-26(17)13-15-5-7-16(22)8-6-15/h5-12H,13H2,1-4H3,(H,23,24,27). The second-order valence-corrected chi connectivity index (χ2v) is 7.62. The Morgan fingerprint density at radius 3 is 2.48 bits per heavy atom. The Morgan fingerprint density at radius 1 is 1.15 bits per heavy atom. The molecule has 0 aliphatic carbocycles. The number of aromatic nitrogens is 3. The van der Waals surface area contributed by atoms with E-state index in [1.807, 2.05) is 39.8 Å². The highest BCUT2D eigenvalue weighted by molar-refractivity contribution is 6.02. The predicted octanol–water partition coefficient (Wildman–Crippen LogP) is 4.32. The van der Waals surface area contributed by atoms with Gasteiger partial charge in [-0.1, -0.05) is 32.9 Å². The van der Waals surface area contributed by atoms with Crippen molar-refractivity contribution in [2.75, 3.05) is 5.32 Å². The molecule has 0 radical (unpaired) electrons. The Hall–Kier alpha value is -3.02. The highest BCUT2D eigenvalue weighted by Gasteiger charge is 2.23. The molecular formula is C21H23FN4O. The van der Waals surface area contributed by atoms with Crippen molar-refractivity contribution >= 4 is 11.7 Å². The number of hydrogen-bond acceptors (Lipinski definition) is 3. The van der Waals surface area contributed by atoms with E-state index in [1.54, 1.807) is 29.1 Å². The zero-order valence-corrected chi connectivity index (χ0v) is 16.0. The average molecular weight is 366 g/mol. The second kappa shape index (κ2) is 7.31. The van der Waals surface area contributed by atoms with Crippen molar-refractivity contribution in [2.24, 2.45) is 0 Å². The van der Waals surface area contributed by atoms with Crippen LogP contribution in [0.3, 0.4) is 0 Å². The summed E-state index contributed by atoms with van der Waals surface area (Å²) in [7, 11) is 0. The van der Waals surface area contributed by atoms with Gasteiger partial charge in [-0.3, -0.25) is 9.48 Å². The molecule has 0 saturated carbocycles. The number of carbonyl (C=O) groups excluding carboxylic acids is 1. The van der Waals surface area contributed by atoms with Crippen LogP contribution in [-0.4, -0.2) is 20.7 Å². The molecule has 0 fully saturated rings. The molecule has 1 amide bonds. The molecule has 2 aromatic heterocycles. The van der Waals surface area contributed by atoms with Crippen molar-refractivity contribution in [2.45, 2.75) is 39.7 Å². The fourth-order valence-corrected chi connectivity index (χ4v) is 2.63. The molecule has 5 nitrogen and oxygen atoms in total. The summed E-state index contributed by atoms with van der Waals surface area (Å²) < 4.78 is 14.8. The molecule has 6 heteroatoms. The van der Waals surface area contributed by atoms with Crippen LogP contribution in [0.4, 0.5) is 10.2 Å². The lowest BCUT2D eigenvalue weighted by atomic mass is 9.92. The number of carbonyl (C=O) groups is 1. The summed E-state index contributed by atoms with van der Waals surface area (Å²) in [6.45, 7) is 8.44. The summed E-state index contributed by atoms with van der Waals surface area (Å²) in [6.07, 6.45) is 1.65. The quantitative estimate of drug-likeness (QED) is 0.748. The maximum atomic E-state index is 13.2. The summed E-state index contributed by atoms with van der Waals surface area (Å²) in [5.41, 5.74) is 2.92. The Kier molecular flexibility index (Phi) is 5.08. The van der Waals surface area contributed by atoms with Gasteiger partial charge in [-0.15, -0.1) is 0 Å². The Labute approximate surface area is 158 Å². The minimum atomic E-state index is -0.293. The van der Waals surface area contributed by atoms with E-state index in [0.717, 1.165) is 16.8 Å². The van der Waals surface area contributed by atoms with Crippen LogP contribution < -0.4 is 5.32 Å². The minimum Gasteiger partial charge on any atom is -0.305 e. The van der Waals surface area contributed by atoms with Gasteiger partial charge >= 0.3 is 0 Å². The minimum absolute atomic E-state index is 0.204. The summed E-state index contributed by atoms with van der Waals surface area (Å²) in [6, 6.07) is 11.7. The van der Waals surface area contributed by atoms with E-state index < -0.39 is 0 Å². The molecule has 0 saturated heterocycles. The van der Waals surface area contributed by atoms with Crippen LogP contribution in [-0.2, 0) is 12.0 Å². The Balaban J connectivity index is 1.93. The normalized spacial score (nSPS) is 11.4. The molecule has 0 atom stereocenters. The maximum absolute atomic E-state index is 13.2. The maximum Gasteiger partial charge on any atom is 0.275 e.